The van der Waals surface area contributed by atoms with Gasteiger partial charge in [-0.1, -0.05) is 27.5 Å². The summed E-state index contributed by atoms with van der Waals surface area (Å²) >= 11 is 7.88. The summed E-state index contributed by atoms with van der Waals surface area (Å²) in [6.07, 6.45) is -0.286. The number of fused-ring (bicyclic) bond motifs is 2. The monoisotopic (exact) mass is 546 g/mol. The Morgan fingerprint density at radius 3 is 2.53 bits per heavy atom. The average Bonchev–Trinajstić information content (AvgIpc) is 2.61. The first kappa shape index (κ1) is 25.2. The molecule has 0 spiro atoms. The van der Waals surface area contributed by atoms with Crippen molar-refractivity contribution in [2.75, 3.05) is 0 Å². The van der Waals surface area contributed by atoms with Gasteiger partial charge in [-0.25, -0.2) is 4.98 Å². The lowest BCUT2D eigenvalue weighted by molar-refractivity contribution is -0.156. The third-order valence-electron chi connectivity index (χ3n) is 4.63. The van der Waals surface area contributed by atoms with Gasteiger partial charge in [0.25, 0.3) is 5.95 Å². The number of carbonyl (C=O) groups excluding carboxylic acids is 1. The molecule has 1 N–H and O–H groups in total. The molecule has 0 radical (unpaired) electrons. The molecule has 1 aromatic carbocycles. The Morgan fingerprint density at radius 1 is 1.28 bits per heavy atom. The topological polar surface area (TPSA) is 83.5 Å². The smallest absolute Gasteiger partial charge is 0.309 e. The van der Waals surface area contributed by atoms with Crippen LogP contribution < -0.4 is 9.46 Å². The van der Waals surface area contributed by atoms with Crippen LogP contribution in [-0.4, -0.2) is 25.9 Å². The van der Waals surface area contributed by atoms with E-state index in [-0.39, 0.29) is 22.9 Å². The number of esters is 1. The lowest BCUT2D eigenvalue weighted by Crippen LogP contribution is -2.54. The summed E-state index contributed by atoms with van der Waals surface area (Å²) in [5, 5.41) is -0.125. The summed E-state index contributed by atoms with van der Waals surface area (Å²) in [4.78, 5) is 16.7. The fourth-order valence-electron chi connectivity index (χ4n) is 3.31. The molecule has 0 saturated heterocycles. The Morgan fingerprint density at radius 2 is 1.94 bits per heavy atom. The second-order valence-corrected chi connectivity index (χ2v) is 12.8. The molecule has 1 aliphatic rings. The summed E-state index contributed by atoms with van der Waals surface area (Å²) in [5.74, 6) is -1.39. The molecule has 3 rings (SSSR count). The quantitative estimate of drug-likeness (QED) is 0.297. The van der Waals surface area contributed by atoms with Crippen LogP contribution in [-0.2, 0) is 26.4 Å². The molecule has 2 heterocycles. The molecule has 0 bridgehead atoms. The van der Waals surface area contributed by atoms with Crippen molar-refractivity contribution in [2.24, 2.45) is 0 Å². The van der Waals surface area contributed by atoms with Crippen LogP contribution in [0.3, 0.4) is 0 Å². The van der Waals surface area contributed by atoms with Crippen molar-refractivity contribution in [3.05, 3.63) is 51.0 Å². The second-order valence-electron chi connectivity index (χ2n) is 9.51. The lowest BCUT2D eigenvalue weighted by atomic mass is 9.79. The molecule has 32 heavy (non-hydrogen) atoms. The minimum Gasteiger partial charge on any atom is -0.598 e. The van der Waals surface area contributed by atoms with Crippen LogP contribution in [0.25, 0.3) is 0 Å². The minimum absolute atomic E-state index is 0.125. The van der Waals surface area contributed by atoms with E-state index in [1.807, 2.05) is 0 Å². The van der Waals surface area contributed by atoms with Gasteiger partial charge in [-0.2, -0.15) is 4.39 Å². The summed E-state index contributed by atoms with van der Waals surface area (Å²) in [7, 11) is 0. The van der Waals surface area contributed by atoms with E-state index < -0.39 is 39.2 Å². The van der Waals surface area contributed by atoms with Crippen LogP contribution >= 0.6 is 27.5 Å². The van der Waals surface area contributed by atoms with Crippen molar-refractivity contribution in [1.82, 2.24) is 9.71 Å². The predicted octanol–water partition coefficient (Wildman–Crippen LogP) is 5.77. The Balaban J connectivity index is 2.31. The normalized spacial score (nSPS) is 18.9. The second kappa shape index (κ2) is 8.76. The molecule has 6 nitrogen and oxygen atoms in total. The minimum atomic E-state index is -1.66. The summed E-state index contributed by atoms with van der Waals surface area (Å²) in [6.45, 7) is 10.6. The Bertz CT molecular complexity index is 1060. The van der Waals surface area contributed by atoms with Crippen molar-refractivity contribution in [1.29, 1.82) is 0 Å². The maximum atomic E-state index is 14.9. The van der Waals surface area contributed by atoms with E-state index in [0.717, 1.165) is 0 Å². The van der Waals surface area contributed by atoms with Crippen LogP contribution in [0.1, 0.15) is 59.1 Å². The SMILES string of the molecule is CC(C)(C)OC(=O)CC1(N[S+]([O-])C(C)(C)C)c2cc(Br)ccc2Oc2c1cc(Cl)nc2F. The number of benzene rings is 1. The third kappa shape index (κ3) is 5.22. The average molecular weight is 548 g/mol. The van der Waals surface area contributed by atoms with E-state index in [4.69, 9.17) is 21.1 Å². The van der Waals surface area contributed by atoms with Gasteiger partial charge in [0.15, 0.2) is 5.75 Å². The highest BCUT2D eigenvalue weighted by atomic mass is 79.9. The number of pyridine rings is 1. The number of nitrogens with zero attached hydrogens (tertiary/aromatic N) is 1. The molecule has 2 atom stereocenters. The summed E-state index contributed by atoms with van der Waals surface area (Å²) in [6, 6.07) is 6.52. The van der Waals surface area contributed by atoms with Gasteiger partial charge >= 0.3 is 5.97 Å². The summed E-state index contributed by atoms with van der Waals surface area (Å²) in [5.41, 5.74) is -1.51. The maximum absolute atomic E-state index is 14.9. The summed E-state index contributed by atoms with van der Waals surface area (Å²) < 4.78 is 42.7. The Kier molecular flexibility index (Phi) is 6.91. The molecular weight excluding hydrogens is 523 g/mol. The first-order chi connectivity index (χ1) is 14.6. The van der Waals surface area contributed by atoms with Crippen LogP contribution in [0.4, 0.5) is 4.39 Å². The van der Waals surface area contributed by atoms with Crippen molar-refractivity contribution < 1.29 is 23.2 Å². The Labute approximate surface area is 203 Å². The Hall–Kier alpha value is -1.39. The fraction of sp³-hybridized carbons (Fsp3) is 0.455. The van der Waals surface area contributed by atoms with E-state index in [2.05, 4.69) is 25.6 Å². The largest absolute Gasteiger partial charge is 0.598 e. The van der Waals surface area contributed by atoms with Crippen LogP contribution in [0.2, 0.25) is 5.15 Å². The highest BCUT2D eigenvalue weighted by Crippen LogP contribution is 2.51. The predicted molar refractivity (Wildman–Crippen MR) is 126 cm³/mol. The van der Waals surface area contributed by atoms with Crippen LogP contribution in [0.5, 0.6) is 11.5 Å². The molecule has 0 fully saturated rings. The van der Waals surface area contributed by atoms with Gasteiger partial charge in [-0.3, -0.25) is 4.79 Å². The van der Waals surface area contributed by atoms with Crippen LogP contribution in [0.15, 0.2) is 28.7 Å². The number of aromatic nitrogens is 1. The van der Waals surface area contributed by atoms with Gasteiger partial charge in [0.1, 0.15) is 26.8 Å². The number of carbonyl (C=O) groups is 1. The van der Waals surface area contributed by atoms with Gasteiger partial charge in [-0.15, -0.1) is 4.72 Å². The number of halogens is 3. The van der Waals surface area contributed by atoms with Crippen molar-refractivity contribution >= 4 is 44.9 Å². The molecule has 2 unspecified atom stereocenters. The maximum Gasteiger partial charge on any atom is 0.309 e. The standard InChI is InChI=1S/C22H25BrClFN2O4S/c1-20(2,3)31-17(28)11-22(27-32(29)21(4,5)6)13-9-12(23)7-8-15(13)30-18-14(22)10-16(24)26-19(18)25/h7-10,27H,11H2,1-6H3. The van der Waals surface area contributed by atoms with Gasteiger partial charge in [0.2, 0.25) is 0 Å². The van der Waals surface area contributed by atoms with Crippen molar-refractivity contribution in [2.45, 2.75) is 63.9 Å². The van der Waals surface area contributed by atoms with E-state index in [9.17, 15) is 13.7 Å². The zero-order chi connectivity index (χ0) is 24.1. The molecule has 0 aliphatic carbocycles. The lowest BCUT2D eigenvalue weighted by Gasteiger charge is -2.41. The van der Waals surface area contributed by atoms with E-state index in [1.165, 1.54) is 6.07 Å². The van der Waals surface area contributed by atoms with Crippen molar-refractivity contribution in [3.63, 3.8) is 0 Å². The molecule has 0 amide bonds. The first-order valence-electron chi connectivity index (χ1n) is 9.88. The van der Waals surface area contributed by atoms with Gasteiger partial charge < -0.3 is 14.0 Å². The number of rotatable bonds is 4. The third-order valence-corrected chi connectivity index (χ3v) is 6.96. The van der Waals surface area contributed by atoms with E-state index in [0.29, 0.717) is 15.8 Å². The molecule has 2 aromatic rings. The number of hydrogen-bond acceptors (Lipinski definition) is 6. The highest BCUT2D eigenvalue weighted by molar-refractivity contribution is 9.10. The highest BCUT2D eigenvalue weighted by Gasteiger charge is 2.51. The zero-order valence-corrected chi connectivity index (χ0v) is 21.8. The van der Waals surface area contributed by atoms with Gasteiger partial charge in [0, 0.05) is 27.0 Å². The molecule has 0 saturated carbocycles. The number of ether oxygens (including phenoxy) is 2. The van der Waals surface area contributed by atoms with E-state index in [1.54, 1.807) is 59.7 Å². The van der Waals surface area contributed by atoms with E-state index >= 15 is 0 Å². The van der Waals surface area contributed by atoms with Gasteiger partial charge in [0.05, 0.1) is 6.42 Å². The first-order valence-corrected chi connectivity index (χ1v) is 12.2. The zero-order valence-electron chi connectivity index (χ0n) is 18.6. The van der Waals surface area contributed by atoms with Crippen LogP contribution in [0, 0.1) is 5.95 Å². The molecule has 1 aliphatic heterocycles. The molecule has 10 heteroatoms. The number of hydrogen-bond donors (Lipinski definition) is 1. The fourth-order valence-corrected chi connectivity index (χ4v) is 4.77. The molecular formula is C22H25BrClFN2O4S. The molecule has 1 aromatic heterocycles. The molecule has 174 valence electrons. The van der Waals surface area contributed by atoms with Gasteiger partial charge in [-0.05, 0) is 65.8 Å². The number of nitrogens with one attached hydrogen (secondary N) is 1. The van der Waals surface area contributed by atoms with Crippen molar-refractivity contribution in [3.8, 4) is 11.5 Å².